The summed E-state index contributed by atoms with van der Waals surface area (Å²) in [5.74, 6) is 0.0286. The van der Waals surface area contributed by atoms with E-state index in [0.717, 1.165) is 28.9 Å². The molecule has 3 aromatic carbocycles. The van der Waals surface area contributed by atoms with Gasteiger partial charge in [-0.05, 0) is 47.4 Å². The Labute approximate surface area is 218 Å². The number of carbonyl (C=O) groups excluding carboxylic acids is 2. The monoisotopic (exact) mass is 498 g/mol. The maximum absolute atomic E-state index is 13.0. The smallest absolute Gasteiger partial charge is 0.227 e. The van der Waals surface area contributed by atoms with E-state index in [1.54, 1.807) is 16.9 Å². The van der Waals surface area contributed by atoms with Crippen molar-refractivity contribution in [3.63, 3.8) is 0 Å². The molecule has 4 rings (SSSR count). The van der Waals surface area contributed by atoms with Crippen molar-refractivity contribution in [2.45, 2.75) is 38.5 Å². The number of fused-ring (bicyclic) bond motifs is 1. The SMILES string of the molecule is CO[C@@H](c1ccc(N(C=O)c2ccccc2)cc1)[C@@H](C)/C=C/CC(=O)N1Cc2ccccc2C[C@H]1CO. The summed E-state index contributed by atoms with van der Waals surface area (Å²) in [5.41, 5.74) is 4.90. The summed E-state index contributed by atoms with van der Waals surface area (Å²) in [7, 11) is 1.67. The largest absolute Gasteiger partial charge is 0.394 e. The third-order valence-corrected chi connectivity index (χ3v) is 6.99. The second kappa shape index (κ2) is 12.5. The first-order valence-corrected chi connectivity index (χ1v) is 12.6. The van der Waals surface area contributed by atoms with E-state index < -0.39 is 0 Å². The fourth-order valence-corrected chi connectivity index (χ4v) is 4.98. The Morgan fingerprint density at radius 3 is 2.32 bits per heavy atom. The standard InChI is InChI=1S/C31H34N2O4/c1-23(9-8-14-30(36)32-20-26-11-7-6-10-25(26)19-29(32)21-34)31(37-2)24-15-17-28(18-16-24)33(22-35)27-12-4-3-5-13-27/h3-13,15-18,22-23,29,31,34H,14,19-21H2,1-2H3/b9-8+/t23-,29-,31+/m0/s1. The van der Waals surface area contributed by atoms with E-state index in [0.29, 0.717) is 13.0 Å². The summed E-state index contributed by atoms with van der Waals surface area (Å²) in [6.07, 6.45) is 5.45. The average molecular weight is 499 g/mol. The maximum atomic E-state index is 13.0. The van der Waals surface area contributed by atoms with Gasteiger partial charge >= 0.3 is 0 Å². The van der Waals surface area contributed by atoms with Gasteiger partial charge < -0.3 is 14.7 Å². The third-order valence-electron chi connectivity index (χ3n) is 6.99. The van der Waals surface area contributed by atoms with Gasteiger partial charge in [-0.3, -0.25) is 14.5 Å². The quantitative estimate of drug-likeness (QED) is 0.308. The highest BCUT2D eigenvalue weighted by atomic mass is 16.5. The molecule has 1 heterocycles. The topological polar surface area (TPSA) is 70.1 Å². The van der Waals surface area contributed by atoms with Gasteiger partial charge in [0.2, 0.25) is 12.3 Å². The lowest BCUT2D eigenvalue weighted by molar-refractivity contribution is -0.134. The van der Waals surface area contributed by atoms with Crippen LogP contribution in [0, 0.1) is 5.92 Å². The molecule has 37 heavy (non-hydrogen) atoms. The van der Waals surface area contributed by atoms with Gasteiger partial charge in [-0.15, -0.1) is 0 Å². The van der Waals surface area contributed by atoms with Gasteiger partial charge in [-0.1, -0.05) is 73.7 Å². The van der Waals surface area contributed by atoms with Gasteiger partial charge in [0.15, 0.2) is 0 Å². The lowest BCUT2D eigenvalue weighted by Crippen LogP contribution is -2.46. The van der Waals surface area contributed by atoms with Crippen molar-refractivity contribution >= 4 is 23.7 Å². The highest BCUT2D eigenvalue weighted by Crippen LogP contribution is 2.30. The second-order valence-electron chi connectivity index (χ2n) is 9.38. The van der Waals surface area contributed by atoms with Crippen molar-refractivity contribution < 1.29 is 19.4 Å². The normalized spacial score (nSPS) is 16.7. The van der Waals surface area contributed by atoms with Crippen LogP contribution in [0.1, 0.15) is 36.1 Å². The fourth-order valence-electron chi connectivity index (χ4n) is 4.98. The van der Waals surface area contributed by atoms with E-state index in [-0.39, 0.29) is 37.0 Å². The zero-order valence-corrected chi connectivity index (χ0v) is 21.4. The number of ether oxygens (including phenoxy) is 1. The zero-order valence-electron chi connectivity index (χ0n) is 21.4. The summed E-state index contributed by atoms with van der Waals surface area (Å²) < 4.78 is 5.79. The van der Waals surface area contributed by atoms with E-state index >= 15 is 0 Å². The van der Waals surface area contributed by atoms with E-state index in [2.05, 4.69) is 13.0 Å². The number of anilines is 2. The Morgan fingerprint density at radius 1 is 1.03 bits per heavy atom. The first-order valence-electron chi connectivity index (χ1n) is 12.6. The molecule has 6 heteroatoms. The van der Waals surface area contributed by atoms with Crippen LogP contribution in [0.3, 0.4) is 0 Å². The Balaban J connectivity index is 1.39. The number of aliphatic hydroxyl groups is 1. The number of hydrogen-bond acceptors (Lipinski definition) is 4. The molecule has 0 aliphatic carbocycles. The van der Waals surface area contributed by atoms with Gasteiger partial charge in [-0.25, -0.2) is 0 Å². The molecule has 1 N–H and O–H groups in total. The van der Waals surface area contributed by atoms with Crippen LogP contribution in [0.25, 0.3) is 0 Å². The molecule has 0 radical (unpaired) electrons. The van der Waals surface area contributed by atoms with E-state index in [9.17, 15) is 14.7 Å². The van der Waals surface area contributed by atoms with Gasteiger partial charge in [0.05, 0.1) is 18.8 Å². The Morgan fingerprint density at radius 2 is 1.68 bits per heavy atom. The molecule has 0 saturated carbocycles. The minimum absolute atomic E-state index is 0.00480. The minimum atomic E-state index is -0.200. The second-order valence-corrected chi connectivity index (χ2v) is 9.38. The first kappa shape index (κ1) is 26.3. The Hall–Kier alpha value is -3.74. The van der Waals surface area contributed by atoms with Crippen molar-refractivity contribution in [2.75, 3.05) is 18.6 Å². The number of methoxy groups -OCH3 is 1. The highest BCUT2D eigenvalue weighted by Gasteiger charge is 2.28. The fraction of sp³-hybridized carbons (Fsp3) is 0.290. The summed E-state index contributed by atoms with van der Waals surface area (Å²) >= 11 is 0. The molecule has 0 bridgehead atoms. The molecule has 0 aromatic heterocycles. The number of rotatable bonds is 10. The first-order chi connectivity index (χ1) is 18.0. The molecule has 0 saturated heterocycles. The maximum Gasteiger partial charge on any atom is 0.227 e. The van der Waals surface area contributed by atoms with E-state index in [1.807, 2.05) is 84.9 Å². The van der Waals surface area contributed by atoms with Crippen LogP contribution in [0.4, 0.5) is 11.4 Å². The predicted molar refractivity (Wildman–Crippen MR) is 145 cm³/mol. The van der Waals surface area contributed by atoms with Crippen LogP contribution >= 0.6 is 0 Å². The molecule has 6 nitrogen and oxygen atoms in total. The third kappa shape index (κ3) is 6.16. The van der Waals surface area contributed by atoms with Crippen LogP contribution in [0.15, 0.2) is 91.0 Å². The molecule has 0 unspecified atom stereocenters. The van der Waals surface area contributed by atoms with Gasteiger partial charge in [-0.2, -0.15) is 0 Å². The molecule has 1 aliphatic heterocycles. The number of para-hydroxylation sites is 1. The number of amides is 2. The molecular formula is C31H34N2O4. The Kier molecular flexibility index (Phi) is 8.88. The zero-order chi connectivity index (χ0) is 26.2. The number of nitrogens with zero attached hydrogens (tertiary/aromatic N) is 2. The van der Waals surface area contributed by atoms with Crippen LogP contribution in [-0.4, -0.2) is 42.1 Å². The van der Waals surface area contributed by atoms with E-state index in [4.69, 9.17) is 4.74 Å². The highest BCUT2D eigenvalue weighted by molar-refractivity contribution is 5.86. The Bertz CT molecular complexity index is 1210. The molecule has 3 atom stereocenters. The lowest BCUT2D eigenvalue weighted by atomic mass is 9.93. The lowest BCUT2D eigenvalue weighted by Gasteiger charge is -2.36. The molecule has 0 fully saturated rings. The van der Waals surface area contributed by atoms with Crippen LogP contribution < -0.4 is 4.90 Å². The number of carbonyl (C=O) groups is 2. The molecular weight excluding hydrogens is 464 g/mol. The molecule has 2 amide bonds. The molecule has 3 aromatic rings. The molecule has 192 valence electrons. The summed E-state index contributed by atoms with van der Waals surface area (Å²) in [5, 5.41) is 9.86. The van der Waals surface area contributed by atoms with Crippen molar-refractivity contribution in [1.29, 1.82) is 0 Å². The molecule has 1 aliphatic rings. The minimum Gasteiger partial charge on any atom is -0.394 e. The van der Waals surface area contributed by atoms with Gasteiger partial charge in [0.25, 0.3) is 0 Å². The van der Waals surface area contributed by atoms with Crippen molar-refractivity contribution in [3.8, 4) is 0 Å². The predicted octanol–water partition coefficient (Wildman–Crippen LogP) is 5.20. The number of hydrogen-bond donors (Lipinski definition) is 1. The summed E-state index contributed by atoms with van der Waals surface area (Å²) in [6, 6.07) is 25.1. The average Bonchev–Trinajstić information content (AvgIpc) is 2.94. The number of benzene rings is 3. The summed E-state index contributed by atoms with van der Waals surface area (Å²) in [4.78, 5) is 28.1. The van der Waals surface area contributed by atoms with Crippen LogP contribution in [0.2, 0.25) is 0 Å². The molecule has 0 spiro atoms. The van der Waals surface area contributed by atoms with Gasteiger partial charge in [0.1, 0.15) is 0 Å². The van der Waals surface area contributed by atoms with Crippen molar-refractivity contribution in [2.24, 2.45) is 5.92 Å². The van der Waals surface area contributed by atoms with Crippen LogP contribution in [0.5, 0.6) is 0 Å². The summed E-state index contributed by atoms with van der Waals surface area (Å²) in [6.45, 7) is 2.53. The van der Waals surface area contributed by atoms with E-state index in [1.165, 1.54) is 5.56 Å². The van der Waals surface area contributed by atoms with Crippen molar-refractivity contribution in [1.82, 2.24) is 4.90 Å². The number of aliphatic hydroxyl groups excluding tert-OH is 1. The van der Waals surface area contributed by atoms with Gasteiger partial charge in [0, 0.05) is 37.4 Å². The van der Waals surface area contributed by atoms with Crippen molar-refractivity contribution in [3.05, 3.63) is 108 Å². The van der Waals surface area contributed by atoms with Crippen LogP contribution in [-0.2, 0) is 27.3 Å².